The van der Waals surface area contributed by atoms with Gasteiger partial charge in [-0.2, -0.15) is 0 Å². The number of hydrogen-bond donors (Lipinski definition) is 1. The highest BCUT2D eigenvalue weighted by atomic mass is 35.5. The van der Waals surface area contributed by atoms with Gasteiger partial charge in [0, 0.05) is 39.6 Å². The van der Waals surface area contributed by atoms with Crippen LogP contribution in [0.4, 0.5) is 0 Å². The van der Waals surface area contributed by atoms with E-state index in [1.807, 2.05) is 40.4 Å². The van der Waals surface area contributed by atoms with Crippen molar-refractivity contribution >= 4 is 17.6 Å². The number of nitrogens with zero attached hydrogens (tertiary/aromatic N) is 6. The maximum Gasteiger partial charge on any atom is 0.194 e. The number of aryl methyl sites for hydroxylation is 2. The molecule has 0 radical (unpaired) electrons. The molecular weight excluding hydrogens is 302 g/mol. The summed E-state index contributed by atoms with van der Waals surface area (Å²) in [5.41, 5.74) is 1.12. The number of halogens is 1. The topological polar surface area (TPSA) is 63.3 Å². The molecule has 0 bridgehead atoms. The maximum atomic E-state index is 6.02. The standard InChI is InChI=1S/C14H22ClN7/c1-5-22-10-18-19-13(22)7-17-14(16-2)21(4)9-12-6-11(15)8-20(12)3/h6,8,10H,5,7,9H2,1-4H3,(H,16,17). The number of aliphatic imine (C=N–C) groups is 1. The van der Waals surface area contributed by atoms with Gasteiger partial charge in [0.1, 0.15) is 6.33 Å². The highest BCUT2D eigenvalue weighted by Gasteiger charge is 2.11. The molecule has 22 heavy (non-hydrogen) atoms. The van der Waals surface area contributed by atoms with Crippen molar-refractivity contribution in [1.29, 1.82) is 0 Å². The number of rotatable bonds is 5. The normalized spacial score (nSPS) is 11.8. The Hall–Kier alpha value is -2.02. The van der Waals surface area contributed by atoms with Crippen LogP contribution in [0, 0.1) is 0 Å². The summed E-state index contributed by atoms with van der Waals surface area (Å²) >= 11 is 6.02. The Balaban J connectivity index is 1.98. The summed E-state index contributed by atoms with van der Waals surface area (Å²) in [6.07, 6.45) is 3.63. The van der Waals surface area contributed by atoms with Gasteiger partial charge < -0.3 is 19.4 Å². The lowest BCUT2D eigenvalue weighted by Crippen LogP contribution is -2.38. The molecule has 2 aromatic heterocycles. The van der Waals surface area contributed by atoms with E-state index in [2.05, 4.69) is 27.4 Å². The molecule has 0 aromatic carbocycles. The van der Waals surface area contributed by atoms with Crippen LogP contribution in [0.25, 0.3) is 0 Å². The third-order valence-corrected chi connectivity index (χ3v) is 3.69. The van der Waals surface area contributed by atoms with Gasteiger partial charge in [-0.3, -0.25) is 4.99 Å². The molecule has 1 N–H and O–H groups in total. The second-order valence-electron chi connectivity index (χ2n) is 5.05. The zero-order valence-electron chi connectivity index (χ0n) is 13.4. The lowest BCUT2D eigenvalue weighted by molar-refractivity contribution is 0.459. The molecule has 0 spiro atoms. The molecule has 0 saturated heterocycles. The molecule has 2 aromatic rings. The third kappa shape index (κ3) is 3.79. The van der Waals surface area contributed by atoms with Crippen LogP contribution in [0.5, 0.6) is 0 Å². The molecule has 0 fully saturated rings. The van der Waals surface area contributed by atoms with Crippen LogP contribution in [0.2, 0.25) is 5.02 Å². The molecule has 8 heteroatoms. The zero-order valence-corrected chi connectivity index (χ0v) is 14.2. The Labute approximate surface area is 135 Å². The smallest absolute Gasteiger partial charge is 0.194 e. The first-order chi connectivity index (χ1) is 10.5. The molecule has 0 aliphatic heterocycles. The first-order valence-electron chi connectivity index (χ1n) is 7.14. The summed E-state index contributed by atoms with van der Waals surface area (Å²) < 4.78 is 4.01. The van der Waals surface area contributed by atoms with Crippen molar-refractivity contribution in [2.24, 2.45) is 12.0 Å². The lowest BCUT2D eigenvalue weighted by Gasteiger charge is -2.22. The van der Waals surface area contributed by atoms with Gasteiger partial charge in [0.2, 0.25) is 0 Å². The van der Waals surface area contributed by atoms with Crippen molar-refractivity contribution in [1.82, 2.24) is 29.5 Å². The van der Waals surface area contributed by atoms with E-state index in [4.69, 9.17) is 11.6 Å². The monoisotopic (exact) mass is 323 g/mol. The van der Waals surface area contributed by atoms with Crippen LogP contribution in [0.15, 0.2) is 23.6 Å². The summed E-state index contributed by atoms with van der Waals surface area (Å²) in [5.74, 6) is 1.68. The third-order valence-electron chi connectivity index (χ3n) is 3.49. The SMILES string of the molecule is CCn1cnnc1CNC(=NC)N(C)Cc1cc(Cl)cn1C. The largest absolute Gasteiger partial charge is 0.351 e. The average Bonchev–Trinajstić information content (AvgIpc) is 3.06. The van der Waals surface area contributed by atoms with Crippen LogP contribution >= 0.6 is 11.6 Å². The van der Waals surface area contributed by atoms with E-state index in [0.29, 0.717) is 13.1 Å². The van der Waals surface area contributed by atoms with E-state index < -0.39 is 0 Å². The lowest BCUT2D eigenvalue weighted by atomic mass is 10.4. The van der Waals surface area contributed by atoms with Crippen molar-refractivity contribution in [3.8, 4) is 0 Å². The molecule has 0 amide bonds. The van der Waals surface area contributed by atoms with Gasteiger partial charge in [-0.05, 0) is 13.0 Å². The van der Waals surface area contributed by atoms with Gasteiger partial charge in [-0.15, -0.1) is 10.2 Å². The van der Waals surface area contributed by atoms with Crippen LogP contribution in [-0.2, 0) is 26.7 Å². The number of aromatic nitrogens is 4. The first-order valence-corrected chi connectivity index (χ1v) is 7.52. The van der Waals surface area contributed by atoms with Crippen LogP contribution < -0.4 is 5.32 Å². The highest BCUT2D eigenvalue weighted by molar-refractivity contribution is 6.30. The molecule has 2 heterocycles. The van der Waals surface area contributed by atoms with Crippen LogP contribution in [0.1, 0.15) is 18.4 Å². The Bertz CT molecular complexity index is 643. The van der Waals surface area contributed by atoms with Crippen molar-refractivity contribution in [2.75, 3.05) is 14.1 Å². The Morgan fingerprint density at radius 2 is 2.27 bits per heavy atom. The second kappa shape index (κ2) is 7.31. The number of hydrogen-bond acceptors (Lipinski definition) is 3. The fourth-order valence-electron chi connectivity index (χ4n) is 2.26. The average molecular weight is 324 g/mol. The molecular formula is C14H22ClN7. The zero-order chi connectivity index (χ0) is 16.1. The molecule has 0 saturated carbocycles. The van der Waals surface area contributed by atoms with Crippen molar-refractivity contribution in [3.05, 3.63) is 35.1 Å². The molecule has 120 valence electrons. The predicted octanol–water partition coefficient (Wildman–Crippen LogP) is 1.50. The van der Waals surface area contributed by atoms with E-state index >= 15 is 0 Å². The molecule has 0 unspecified atom stereocenters. The molecule has 7 nitrogen and oxygen atoms in total. The van der Waals surface area contributed by atoms with Crippen molar-refractivity contribution in [2.45, 2.75) is 26.6 Å². The van der Waals surface area contributed by atoms with Crippen LogP contribution in [-0.4, -0.2) is 44.3 Å². The fraction of sp³-hybridized carbons (Fsp3) is 0.500. The van der Waals surface area contributed by atoms with Gasteiger partial charge in [0.15, 0.2) is 11.8 Å². The fourth-order valence-corrected chi connectivity index (χ4v) is 2.54. The van der Waals surface area contributed by atoms with Gasteiger partial charge >= 0.3 is 0 Å². The van der Waals surface area contributed by atoms with E-state index in [0.717, 1.165) is 29.0 Å². The summed E-state index contributed by atoms with van der Waals surface area (Å²) in [6, 6.07) is 1.96. The van der Waals surface area contributed by atoms with Gasteiger partial charge in [-0.1, -0.05) is 11.6 Å². The van der Waals surface area contributed by atoms with Crippen molar-refractivity contribution in [3.63, 3.8) is 0 Å². The van der Waals surface area contributed by atoms with Gasteiger partial charge in [-0.25, -0.2) is 0 Å². The van der Waals surface area contributed by atoms with E-state index in [1.165, 1.54) is 0 Å². The summed E-state index contributed by atoms with van der Waals surface area (Å²) in [4.78, 5) is 6.35. The van der Waals surface area contributed by atoms with E-state index in [9.17, 15) is 0 Å². The molecule has 2 rings (SSSR count). The first kappa shape index (κ1) is 16.4. The Kier molecular flexibility index (Phi) is 5.43. The minimum absolute atomic E-state index is 0.582. The molecule has 0 atom stereocenters. The summed E-state index contributed by atoms with van der Waals surface area (Å²) in [5, 5.41) is 12.1. The minimum Gasteiger partial charge on any atom is -0.351 e. The molecule has 0 aliphatic carbocycles. The molecule has 0 aliphatic rings. The maximum absolute atomic E-state index is 6.02. The Morgan fingerprint density at radius 3 is 2.86 bits per heavy atom. The number of guanidine groups is 1. The van der Waals surface area contributed by atoms with E-state index in [-0.39, 0.29) is 0 Å². The quantitative estimate of drug-likeness (QED) is 0.669. The Morgan fingerprint density at radius 1 is 1.50 bits per heavy atom. The summed E-state index contributed by atoms with van der Waals surface area (Å²) in [6.45, 7) is 4.20. The summed E-state index contributed by atoms with van der Waals surface area (Å²) in [7, 11) is 5.73. The number of nitrogens with one attached hydrogen (secondary N) is 1. The minimum atomic E-state index is 0.582. The predicted molar refractivity (Wildman–Crippen MR) is 87.8 cm³/mol. The van der Waals surface area contributed by atoms with Crippen molar-refractivity contribution < 1.29 is 0 Å². The second-order valence-corrected chi connectivity index (χ2v) is 5.49. The van der Waals surface area contributed by atoms with Gasteiger partial charge in [0.05, 0.1) is 18.1 Å². The van der Waals surface area contributed by atoms with E-state index in [1.54, 1.807) is 13.4 Å². The highest BCUT2D eigenvalue weighted by Crippen LogP contribution is 2.14. The van der Waals surface area contributed by atoms with Crippen LogP contribution in [0.3, 0.4) is 0 Å². The van der Waals surface area contributed by atoms with Gasteiger partial charge in [0.25, 0.3) is 0 Å².